The summed E-state index contributed by atoms with van der Waals surface area (Å²) in [7, 11) is 0. The third kappa shape index (κ3) is 3.71. The van der Waals surface area contributed by atoms with E-state index in [1.807, 2.05) is 18.0 Å². The van der Waals surface area contributed by atoms with Crippen molar-refractivity contribution in [3.05, 3.63) is 17.5 Å². The smallest absolute Gasteiger partial charge is 0.239 e. The van der Waals surface area contributed by atoms with Crippen molar-refractivity contribution in [2.75, 3.05) is 26.2 Å². The molecule has 2 amide bonds. The summed E-state index contributed by atoms with van der Waals surface area (Å²) in [5.74, 6) is 0.208. The molecule has 2 heterocycles. The Morgan fingerprint density at radius 2 is 1.96 bits per heavy atom. The van der Waals surface area contributed by atoms with Gasteiger partial charge < -0.3 is 9.80 Å². The van der Waals surface area contributed by atoms with E-state index in [0.717, 1.165) is 25.8 Å². The molecule has 1 aromatic heterocycles. The van der Waals surface area contributed by atoms with Gasteiger partial charge >= 0.3 is 0 Å². The number of carbonyl (C=O) groups is 2. The highest BCUT2D eigenvalue weighted by Crippen LogP contribution is 2.30. The van der Waals surface area contributed by atoms with Crippen molar-refractivity contribution in [3.8, 4) is 0 Å². The first kappa shape index (κ1) is 17.9. The molecule has 0 radical (unpaired) electrons. The van der Waals surface area contributed by atoms with Crippen LogP contribution in [-0.2, 0) is 22.6 Å². The van der Waals surface area contributed by atoms with E-state index in [0.29, 0.717) is 26.2 Å². The van der Waals surface area contributed by atoms with Crippen molar-refractivity contribution in [1.82, 2.24) is 24.9 Å². The number of nitrogens with one attached hydrogen (secondary N) is 1. The van der Waals surface area contributed by atoms with Crippen molar-refractivity contribution in [1.29, 1.82) is 0 Å². The van der Waals surface area contributed by atoms with Crippen molar-refractivity contribution in [3.63, 3.8) is 0 Å². The first-order chi connectivity index (χ1) is 12.0. The van der Waals surface area contributed by atoms with Crippen LogP contribution in [0, 0.1) is 0 Å². The standard InChI is InChI=1S/C18H29N5O2/c1-4-23-17-7-5-6-16(15(17)12-19-23)20-13(2)18(25)22-10-8-21(9-11-22)14(3)24/h12-13,16,20H,4-11H2,1-3H3/t13-,16+/m0/s1. The number of aromatic nitrogens is 2. The van der Waals surface area contributed by atoms with E-state index in [9.17, 15) is 9.59 Å². The van der Waals surface area contributed by atoms with Crippen LogP contribution in [0.3, 0.4) is 0 Å². The summed E-state index contributed by atoms with van der Waals surface area (Å²) in [4.78, 5) is 27.8. The largest absolute Gasteiger partial charge is 0.339 e. The van der Waals surface area contributed by atoms with Crippen molar-refractivity contribution < 1.29 is 9.59 Å². The van der Waals surface area contributed by atoms with Gasteiger partial charge in [-0.1, -0.05) is 0 Å². The molecule has 7 heteroatoms. The second-order valence-electron chi connectivity index (χ2n) is 7.03. The van der Waals surface area contributed by atoms with E-state index < -0.39 is 0 Å². The number of piperazine rings is 1. The molecule has 0 aromatic carbocycles. The number of nitrogens with zero attached hydrogens (tertiary/aromatic N) is 4. The highest BCUT2D eigenvalue weighted by atomic mass is 16.2. The molecule has 7 nitrogen and oxygen atoms in total. The van der Waals surface area contributed by atoms with Gasteiger partial charge in [0.15, 0.2) is 0 Å². The maximum atomic E-state index is 12.8. The third-order valence-corrected chi connectivity index (χ3v) is 5.42. The van der Waals surface area contributed by atoms with Gasteiger partial charge in [0.25, 0.3) is 0 Å². The number of fused-ring (bicyclic) bond motifs is 1. The Kier molecular flexibility index (Phi) is 5.42. The van der Waals surface area contributed by atoms with Gasteiger partial charge in [-0.15, -0.1) is 0 Å². The highest BCUT2D eigenvalue weighted by molar-refractivity contribution is 5.82. The monoisotopic (exact) mass is 347 g/mol. The molecule has 1 fully saturated rings. The number of carbonyl (C=O) groups excluding carboxylic acids is 2. The third-order valence-electron chi connectivity index (χ3n) is 5.42. The average Bonchev–Trinajstić information content (AvgIpc) is 3.05. The van der Waals surface area contributed by atoms with E-state index in [2.05, 4.69) is 22.0 Å². The number of rotatable bonds is 4. The molecular formula is C18H29N5O2. The van der Waals surface area contributed by atoms with Crippen molar-refractivity contribution in [2.45, 2.75) is 58.7 Å². The average molecular weight is 347 g/mol. The van der Waals surface area contributed by atoms with Crippen LogP contribution in [0.1, 0.15) is 50.9 Å². The van der Waals surface area contributed by atoms with Gasteiger partial charge in [-0.2, -0.15) is 5.10 Å². The lowest BCUT2D eigenvalue weighted by atomic mass is 9.92. The Balaban J connectivity index is 1.60. The van der Waals surface area contributed by atoms with Crippen LogP contribution in [-0.4, -0.2) is 63.6 Å². The lowest BCUT2D eigenvalue weighted by Gasteiger charge is -2.36. The normalized spacial score (nSPS) is 21.8. The lowest BCUT2D eigenvalue weighted by Crippen LogP contribution is -2.54. The molecule has 0 spiro atoms. The Morgan fingerprint density at radius 3 is 2.60 bits per heavy atom. The molecule has 2 atom stereocenters. The van der Waals surface area contributed by atoms with Crippen LogP contribution in [0.2, 0.25) is 0 Å². The molecule has 2 aliphatic rings. The minimum atomic E-state index is -0.232. The van der Waals surface area contributed by atoms with E-state index in [-0.39, 0.29) is 23.9 Å². The van der Waals surface area contributed by atoms with Gasteiger partial charge in [-0.3, -0.25) is 19.6 Å². The summed E-state index contributed by atoms with van der Waals surface area (Å²) in [5.41, 5.74) is 2.55. The molecule has 1 aromatic rings. The molecular weight excluding hydrogens is 318 g/mol. The van der Waals surface area contributed by atoms with Crippen LogP contribution < -0.4 is 5.32 Å². The Morgan fingerprint density at radius 1 is 1.28 bits per heavy atom. The Hall–Kier alpha value is -1.89. The SMILES string of the molecule is CCn1ncc2c1CCC[C@H]2N[C@@H](C)C(=O)N1CCN(C(C)=O)CC1. The molecule has 138 valence electrons. The summed E-state index contributed by atoms with van der Waals surface area (Å²) in [6.07, 6.45) is 5.18. The van der Waals surface area contributed by atoms with Gasteiger partial charge in [0.1, 0.15) is 0 Å². The summed E-state index contributed by atoms with van der Waals surface area (Å²) in [6, 6.07) is -0.0358. The fourth-order valence-electron chi connectivity index (χ4n) is 3.95. The van der Waals surface area contributed by atoms with Crippen LogP contribution >= 0.6 is 0 Å². The fourth-order valence-corrected chi connectivity index (χ4v) is 3.95. The molecule has 0 bridgehead atoms. The van der Waals surface area contributed by atoms with Crippen LogP contribution in [0.15, 0.2) is 6.20 Å². The van der Waals surface area contributed by atoms with E-state index >= 15 is 0 Å². The number of aryl methyl sites for hydroxylation is 1. The van der Waals surface area contributed by atoms with Crippen molar-refractivity contribution >= 4 is 11.8 Å². The Labute approximate surface area is 149 Å². The lowest BCUT2D eigenvalue weighted by molar-refractivity contribution is -0.139. The maximum Gasteiger partial charge on any atom is 0.239 e. The molecule has 0 unspecified atom stereocenters. The van der Waals surface area contributed by atoms with Crippen LogP contribution in [0.4, 0.5) is 0 Å². The number of amides is 2. The predicted octanol–water partition coefficient (Wildman–Crippen LogP) is 0.949. The minimum Gasteiger partial charge on any atom is -0.339 e. The molecule has 1 aliphatic heterocycles. The first-order valence-corrected chi connectivity index (χ1v) is 9.36. The second kappa shape index (κ2) is 7.56. The molecule has 0 saturated carbocycles. The van der Waals surface area contributed by atoms with E-state index in [1.165, 1.54) is 11.3 Å². The molecule has 25 heavy (non-hydrogen) atoms. The van der Waals surface area contributed by atoms with Crippen LogP contribution in [0.5, 0.6) is 0 Å². The van der Waals surface area contributed by atoms with Crippen LogP contribution in [0.25, 0.3) is 0 Å². The molecule has 3 rings (SSSR count). The summed E-state index contributed by atoms with van der Waals surface area (Å²) in [5, 5.41) is 8.00. The first-order valence-electron chi connectivity index (χ1n) is 9.36. The number of hydrogen-bond acceptors (Lipinski definition) is 4. The Bertz CT molecular complexity index is 633. The topological polar surface area (TPSA) is 70.5 Å². The zero-order valence-electron chi connectivity index (χ0n) is 15.5. The zero-order valence-corrected chi connectivity index (χ0v) is 15.5. The number of hydrogen-bond donors (Lipinski definition) is 1. The van der Waals surface area contributed by atoms with Gasteiger partial charge in [-0.05, 0) is 33.1 Å². The molecule has 1 aliphatic carbocycles. The van der Waals surface area contributed by atoms with Gasteiger partial charge in [0, 0.05) is 56.9 Å². The van der Waals surface area contributed by atoms with Crippen molar-refractivity contribution in [2.24, 2.45) is 0 Å². The predicted molar refractivity (Wildman–Crippen MR) is 95.0 cm³/mol. The fraction of sp³-hybridized carbons (Fsp3) is 0.722. The highest BCUT2D eigenvalue weighted by Gasteiger charge is 2.30. The van der Waals surface area contributed by atoms with E-state index in [4.69, 9.17) is 0 Å². The molecule has 1 N–H and O–H groups in total. The zero-order chi connectivity index (χ0) is 18.0. The maximum absolute atomic E-state index is 12.8. The van der Waals surface area contributed by atoms with Gasteiger partial charge in [0.2, 0.25) is 11.8 Å². The van der Waals surface area contributed by atoms with Gasteiger partial charge in [-0.25, -0.2) is 0 Å². The summed E-state index contributed by atoms with van der Waals surface area (Å²) in [6.45, 7) is 9.02. The quantitative estimate of drug-likeness (QED) is 0.880. The van der Waals surface area contributed by atoms with Gasteiger partial charge in [0.05, 0.1) is 12.2 Å². The second-order valence-corrected chi connectivity index (χ2v) is 7.03. The summed E-state index contributed by atoms with van der Waals surface area (Å²) >= 11 is 0. The molecule has 1 saturated heterocycles. The minimum absolute atomic E-state index is 0.0842. The summed E-state index contributed by atoms with van der Waals surface area (Å²) < 4.78 is 2.07. The van der Waals surface area contributed by atoms with E-state index in [1.54, 1.807) is 11.8 Å².